The summed E-state index contributed by atoms with van der Waals surface area (Å²) in [5.74, 6) is 0. The van der Waals surface area contributed by atoms with Crippen molar-refractivity contribution >= 4 is 33.3 Å². The van der Waals surface area contributed by atoms with Crippen LogP contribution in [0, 0.1) is 10.8 Å². The van der Waals surface area contributed by atoms with Gasteiger partial charge in [-0.25, -0.2) is 4.98 Å². The molecule has 0 saturated carbocycles. The first kappa shape index (κ1) is 22.5. The van der Waals surface area contributed by atoms with Crippen LogP contribution >= 0.6 is 11.3 Å². The number of rotatable bonds is 7. The molecule has 0 amide bonds. The fourth-order valence-electron chi connectivity index (χ4n) is 4.04. The van der Waals surface area contributed by atoms with E-state index in [2.05, 4.69) is 63.8 Å². The molecule has 3 nitrogen and oxygen atoms in total. The van der Waals surface area contributed by atoms with Gasteiger partial charge in [0.2, 0.25) is 0 Å². The number of allylic oxidation sites excluding steroid dienone is 1. The second-order valence-electron chi connectivity index (χ2n) is 9.63. The van der Waals surface area contributed by atoms with E-state index >= 15 is 0 Å². The Hall–Kier alpha value is -2.20. The highest BCUT2D eigenvalue weighted by Gasteiger charge is 2.28. The summed E-state index contributed by atoms with van der Waals surface area (Å²) >= 11 is 1.63. The number of anilines is 1. The first-order valence-corrected chi connectivity index (χ1v) is 11.6. The Kier molecular flexibility index (Phi) is 6.37. The van der Waals surface area contributed by atoms with Crippen LogP contribution in [0.25, 0.3) is 26.9 Å². The lowest BCUT2D eigenvalue weighted by molar-refractivity contribution is 0.198. The highest BCUT2D eigenvalue weighted by Crippen LogP contribution is 2.40. The Labute approximate surface area is 184 Å². The van der Waals surface area contributed by atoms with Crippen molar-refractivity contribution < 1.29 is 0 Å². The minimum Gasteiger partial charge on any atom is -0.378 e. The highest BCUT2D eigenvalue weighted by atomic mass is 32.1. The number of benzene rings is 2. The molecule has 0 radical (unpaired) electrons. The maximum atomic E-state index is 12.8. The van der Waals surface area contributed by atoms with Gasteiger partial charge in [0.1, 0.15) is 0 Å². The standard InChI is InChI=1S/C26H34N2OS/c1-8-26(5,9-2)17-25(3,4)13-12-18-14-21-24(16-22(18)29)30-23-15-19(28(6)7)10-11-20(23)27-21/h10-16H,8-9,17H2,1-7H3/b13-12+. The van der Waals surface area contributed by atoms with Crippen molar-refractivity contribution in [1.82, 2.24) is 4.98 Å². The number of aromatic nitrogens is 1. The van der Waals surface area contributed by atoms with Gasteiger partial charge in [0.05, 0.1) is 20.8 Å². The number of fused-ring (bicyclic) bond motifs is 2. The summed E-state index contributed by atoms with van der Waals surface area (Å²) in [7, 11) is 4.06. The fourth-order valence-corrected chi connectivity index (χ4v) is 5.05. The molecule has 1 aliphatic carbocycles. The van der Waals surface area contributed by atoms with Crippen molar-refractivity contribution in [3.8, 4) is 10.6 Å². The van der Waals surface area contributed by atoms with E-state index in [9.17, 15) is 4.79 Å². The van der Waals surface area contributed by atoms with Crippen LogP contribution in [-0.2, 0) is 0 Å². The second kappa shape index (κ2) is 8.50. The van der Waals surface area contributed by atoms with Gasteiger partial charge in [0.25, 0.3) is 0 Å². The Bertz CT molecular complexity index is 1090. The van der Waals surface area contributed by atoms with Gasteiger partial charge in [-0.2, -0.15) is 0 Å². The number of hydrogen-bond donors (Lipinski definition) is 0. The molecule has 0 spiro atoms. The molecular formula is C26H34N2OS. The lowest BCUT2D eigenvalue weighted by Crippen LogP contribution is -2.23. The SMILES string of the molecule is CCC(C)(CC)CC(C)(C)/C=C/c1cc2nc3ccc(N(C)C)cc3sc-2cc1=O. The Morgan fingerprint density at radius 3 is 2.40 bits per heavy atom. The summed E-state index contributed by atoms with van der Waals surface area (Å²) in [6, 6.07) is 9.95. The van der Waals surface area contributed by atoms with E-state index in [1.54, 1.807) is 17.4 Å². The lowest BCUT2D eigenvalue weighted by atomic mass is 9.71. The van der Waals surface area contributed by atoms with Crippen LogP contribution in [0.5, 0.6) is 0 Å². The third-order valence-electron chi connectivity index (χ3n) is 6.32. The predicted octanol–water partition coefficient (Wildman–Crippen LogP) is 7.08. The second-order valence-corrected chi connectivity index (χ2v) is 10.7. The van der Waals surface area contributed by atoms with Crippen molar-refractivity contribution in [3.63, 3.8) is 0 Å². The Balaban J connectivity index is 1.97. The molecule has 1 heterocycles. The van der Waals surface area contributed by atoms with Crippen molar-refractivity contribution in [2.24, 2.45) is 10.8 Å². The van der Waals surface area contributed by atoms with E-state index in [0.29, 0.717) is 11.0 Å². The van der Waals surface area contributed by atoms with Gasteiger partial charge in [-0.05, 0) is 41.5 Å². The van der Waals surface area contributed by atoms with E-state index in [1.165, 1.54) is 0 Å². The van der Waals surface area contributed by atoms with Crippen LogP contribution in [0.15, 0.2) is 41.2 Å². The molecule has 160 valence electrons. The van der Waals surface area contributed by atoms with Gasteiger partial charge in [0.15, 0.2) is 5.43 Å². The topological polar surface area (TPSA) is 33.2 Å². The molecule has 0 fully saturated rings. The molecule has 0 atom stereocenters. The van der Waals surface area contributed by atoms with Gasteiger partial charge in [-0.3, -0.25) is 4.79 Å². The molecule has 0 aromatic heterocycles. The molecule has 0 bridgehead atoms. The van der Waals surface area contributed by atoms with Gasteiger partial charge in [-0.15, -0.1) is 11.3 Å². The van der Waals surface area contributed by atoms with Crippen molar-refractivity contribution in [2.45, 2.75) is 53.9 Å². The van der Waals surface area contributed by atoms with E-state index in [1.807, 2.05) is 26.2 Å². The molecule has 3 rings (SSSR count). The predicted molar refractivity (Wildman–Crippen MR) is 133 cm³/mol. The zero-order chi connectivity index (χ0) is 22.1. The largest absolute Gasteiger partial charge is 0.378 e. The summed E-state index contributed by atoms with van der Waals surface area (Å²) < 4.78 is 1.09. The van der Waals surface area contributed by atoms with Gasteiger partial charge >= 0.3 is 0 Å². The van der Waals surface area contributed by atoms with Crippen LogP contribution in [0.1, 0.15) is 59.4 Å². The number of nitrogens with zero attached hydrogens (tertiary/aromatic N) is 2. The highest BCUT2D eigenvalue weighted by molar-refractivity contribution is 7.21. The molecular weight excluding hydrogens is 388 g/mol. The van der Waals surface area contributed by atoms with Crippen LogP contribution < -0.4 is 10.3 Å². The molecule has 1 aromatic rings. The normalized spacial score (nSPS) is 12.9. The van der Waals surface area contributed by atoms with Crippen molar-refractivity contribution in [2.75, 3.05) is 19.0 Å². The Morgan fingerprint density at radius 2 is 1.77 bits per heavy atom. The van der Waals surface area contributed by atoms with Crippen LogP contribution in [-0.4, -0.2) is 19.1 Å². The van der Waals surface area contributed by atoms with Crippen LogP contribution in [0.3, 0.4) is 0 Å². The summed E-state index contributed by atoms with van der Waals surface area (Å²) in [4.78, 5) is 20.6. The fraction of sp³-hybridized carbons (Fsp3) is 0.462. The molecule has 30 heavy (non-hydrogen) atoms. The zero-order valence-electron chi connectivity index (χ0n) is 19.4. The minimum atomic E-state index is 0.0319. The molecule has 0 N–H and O–H groups in total. The van der Waals surface area contributed by atoms with Gasteiger partial charge < -0.3 is 4.90 Å². The monoisotopic (exact) mass is 422 g/mol. The third-order valence-corrected chi connectivity index (χ3v) is 7.41. The summed E-state index contributed by atoms with van der Waals surface area (Å²) in [6.45, 7) is 11.4. The average Bonchev–Trinajstić information content (AvgIpc) is 2.70. The minimum absolute atomic E-state index is 0.0319. The zero-order valence-corrected chi connectivity index (χ0v) is 20.2. The van der Waals surface area contributed by atoms with E-state index in [-0.39, 0.29) is 10.8 Å². The average molecular weight is 423 g/mol. The third kappa shape index (κ3) is 4.92. The molecule has 2 aliphatic rings. The van der Waals surface area contributed by atoms with E-state index in [4.69, 9.17) is 4.98 Å². The molecule has 0 unspecified atom stereocenters. The van der Waals surface area contributed by atoms with Crippen LogP contribution in [0.2, 0.25) is 0 Å². The van der Waals surface area contributed by atoms with E-state index < -0.39 is 0 Å². The van der Waals surface area contributed by atoms with Crippen molar-refractivity contribution in [1.29, 1.82) is 0 Å². The summed E-state index contributed by atoms with van der Waals surface area (Å²) in [6.07, 6.45) is 7.63. The number of hydrogen-bond acceptors (Lipinski definition) is 4. The van der Waals surface area contributed by atoms with Crippen LogP contribution in [0.4, 0.5) is 5.69 Å². The van der Waals surface area contributed by atoms with Crippen molar-refractivity contribution in [3.05, 3.63) is 52.2 Å². The maximum absolute atomic E-state index is 12.8. The lowest BCUT2D eigenvalue weighted by Gasteiger charge is -2.34. The van der Waals surface area contributed by atoms with Gasteiger partial charge in [-0.1, -0.05) is 59.6 Å². The van der Waals surface area contributed by atoms with E-state index in [0.717, 1.165) is 45.7 Å². The Morgan fingerprint density at radius 1 is 1.07 bits per heavy atom. The first-order chi connectivity index (χ1) is 14.1. The first-order valence-electron chi connectivity index (χ1n) is 10.8. The molecule has 1 aromatic carbocycles. The summed E-state index contributed by atoms with van der Waals surface area (Å²) in [5, 5.41) is 0. The molecule has 1 aliphatic heterocycles. The quantitative estimate of drug-likeness (QED) is 0.381. The molecule has 4 heteroatoms. The molecule has 0 saturated heterocycles. The van der Waals surface area contributed by atoms with Gasteiger partial charge in [0, 0.05) is 31.4 Å². The maximum Gasteiger partial charge on any atom is 0.187 e. The summed E-state index contributed by atoms with van der Waals surface area (Å²) in [5.41, 5.74) is 4.12. The smallest absolute Gasteiger partial charge is 0.187 e.